The minimum absolute atomic E-state index is 0.0236. The lowest BCUT2D eigenvalue weighted by Gasteiger charge is -2.43. The Labute approximate surface area is 133 Å². The van der Waals surface area contributed by atoms with Crippen molar-refractivity contribution in [2.24, 2.45) is 5.41 Å². The molecule has 120 valence electrons. The molecule has 4 nitrogen and oxygen atoms in total. The Hall–Kier alpha value is -1.55. The molecular weight excluding hydrogens is 274 g/mol. The molecule has 0 bridgehead atoms. The highest BCUT2D eigenvalue weighted by atomic mass is 16.2. The molecule has 0 aliphatic carbocycles. The standard InChI is InChI=1S/C18H27N3O/c1-18(2)9-6-10-19-16(18)17(22)21-13-11-20(12-14-21)15-7-4-3-5-8-15/h3-5,7-8,16,19H,6,9-14H2,1-2H3. The van der Waals surface area contributed by atoms with E-state index >= 15 is 0 Å². The van der Waals surface area contributed by atoms with Crippen LogP contribution in [-0.4, -0.2) is 49.6 Å². The van der Waals surface area contributed by atoms with Gasteiger partial charge in [-0.1, -0.05) is 32.0 Å². The Balaban J connectivity index is 1.60. The summed E-state index contributed by atoms with van der Waals surface area (Å²) in [6, 6.07) is 10.4. The number of amides is 1. The number of hydrogen-bond donors (Lipinski definition) is 1. The van der Waals surface area contributed by atoms with Crippen molar-refractivity contribution < 1.29 is 4.79 Å². The molecule has 2 fully saturated rings. The summed E-state index contributed by atoms with van der Waals surface area (Å²) in [5, 5.41) is 3.44. The summed E-state index contributed by atoms with van der Waals surface area (Å²) in [5.41, 5.74) is 1.32. The van der Waals surface area contributed by atoms with Crippen molar-refractivity contribution in [1.29, 1.82) is 0 Å². The Bertz CT molecular complexity index is 506. The third-order valence-corrected chi connectivity index (χ3v) is 5.09. The van der Waals surface area contributed by atoms with Gasteiger partial charge in [0.05, 0.1) is 6.04 Å². The zero-order valence-corrected chi connectivity index (χ0v) is 13.7. The molecule has 2 heterocycles. The van der Waals surface area contributed by atoms with Gasteiger partial charge in [-0.15, -0.1) is 0 Å². The zero-order chi connectivity index (χ0) is 15.6. The molecular formula is C18H27N3O. The molecule has 2 saturated heterocycles. The molecule has 0 radical (unpaired) electrons. The van der Waals surface area contributed by atoms with Gasteiger partial charge in [0.2, 0.25) is 5.91 Å². The number of piperazine rings is 1. The van der Waals surface area contributed by atoms with Gasteiger partial charge in [0.15, 0.2) is 0 Å². The molecule has 0 saturated carbocycles. The van der Waals surface area contributed by atoms with Crippen molar-refractivity contribution in [3.63, 3.8) is 0 Å². The molecule has 0 spiro atoms. The van der Waals surface area contributed by atoms with Crippen LogP contribution >= 0.6 is 0 Å². The fourth-order valence-corrected chi connectivity index (χ4v) is 3.64. The Morgan fingerprint density at radius 1 is 1.14 bits per heavy atom. The zero-order valence-electron chi connectivity index (χ0n) is 13.7. The molecule has 1 amide bonds. The molecule has 3 rings (SSSR count). The number of carbonyl (C=O) groups is 1. The van der Waals surface area contributed by atoms with Gasteiger partial charge in [0.1, 0.15) is 0 Å². The second-order valence-corrected chi connectivity index (χ2v) is 7.13. The van der Waals surface area contributed by atoms with Crippen LogP contribution in [0.2, 0.25) is 0 Å². The lowest BCUT2D eigenvalue weighted by Crippen LogP contribution is -2.59. The number of nitrogens with one attached hydrogen (secondary N) is 1. The molecule has 1 unspecified atom stereocenters. The van der Waals surface area contributed by atoms with Crippen LogP contribution in [0.25, 0.3) is 0 Å². The van der Waals surface area contributed by atoms with E-state index in [0.29, 0.717) is 0 Å². The molecule has 1 atom stereocenters. The van der Waals surface area contributed by atoms with Crippen LogP contribution in [0.3, 0.4) is 0 Å². The lowest BCUT2D eigenvalue weighted by molar-refractivity contribution is -0.137. The smallest absolute Gasteiger partial charge is 0.240 e. The summed E-state index contributed by atoms with van der Waals surface area (Å²) in [4.78, 5) is 17.3. The van der Waals surface area contributed by atoms with Crippen LogP contribution in [0.5, 0.6) is 0 Å². The van der Waals surface area contributed by atoms with Gasteiger partial charge in [-0.25, -0.2) is 0 Å². The topological polar surface area (TPSA) is 35.6 Å². The molecule has 1 aromatic carbocycles. The van der Waals surface area contributed by atoms with Gasteiger partial charge in [-0.2, -0.15) is 0 Å². The van der Waals surface area contributed by atoms with E-state index in [1.165, 1.54) is 12.1 Å². The average molecular weight is 301 g/mol. The molecule has 2 aliphatic rings. The summed E-state index contributed by atoms with van der Waals surface area (Å²) < 4.78 is 0. The van der Waals surface area contributed by atoms with Crippen LogP contribution in [0, 0.1) is 5.41 Å². The first-order chi connectivity index (χ1) is 10.6. The predicted molar refractivity (Wildman–Crippen MR) is 90.0 cm³/mol. The highest BCUT2D eigenvalue weighted by molar-refractivity contribution is 5.83. The van der Waals surface area contributed by atoms with Gasteiger partial charge < -0.3 is 15.1 Å². The quantitative estimate of drug-likeness (QED) is 0.909. The minimum atomic E-state index is -0.0236. The van der Waals surface area contributed by atoms with Crippen molar-refractivity contribution in [1.82, 2.24) is 10.2 Å². The highest BCUT2D eigenvalue weighted by Crippen LogP contribution is 2.31. The van der Waals surface area contributed by atoms with E-state index in [1.54, 1.807) is 0 Å². The largest absolute Gasteiger partial charge is 0.368 e. The normalized spacial score (nSPS) is 25.1. The van der Waals surface area contributed by atoms with E-state index in [2.05, 4.69) is 48.3 Å². The second-order valence-electron chi connectivity index (χ2n) is 7.13. The number of para-hydroxylation sites is 1. The fraction of sp³-hybridized carbons (Fsp3) is 0.611. The maximum absolute atomic E-state index is 12.9. The monoisotopic (exact) mass is 301 g/mol. The second kappa shape index (κ2) is 6.29. The van der Waals surface area contributed by atoms with Gasteiger partial charge in [0.25, 0.3) is 0 Å². The van der Waals surface area contributed by atoms with Gasteiger partial charge >= 0.3 is 0 Å². The summed E-state index contributed by atoms with van der Waals surface area (Å²) in [7, 11) is 0. The molecule has 0 aromatic heterocycles. The third kappa shape index (κ3) is 3.12. The first-order valence-corrected chi connectivity index (χ1v) is 8.40. The number of carbonyl (C=O) groups excluding carboxylic acids is 1. The summed E-state index contributed by atoms with van der Waals surface area (Å²) in [6.45, 7) is 8.86. The van der Waals surface area contributed by atoms with Crippen molar-refractivity contribution in [2.45, 2.75) is 32.7 Å². The summed E-state index contributed by atoms with van der Waals surface area (Å²) in [5.74, 6) is 0.289. The van der Waals surface area contributed by atoms with Crippen molar-refractivity contribution in [3.05, 3.63) is 30.3 Å². The van der Waals surface area contributed by atoms with E-state index in [4.69, 9.17) is 0 Å². The Morgan fingerprint density at radius 2 is 1.82 bits per heavy atom. The van der Waals surface area contributed by atoms with Crippen molar-refractivity contribution in [2.75, 3.05) is 37.6 Å². The maximum atomic E-state index is 12.9. The first kappa shape index (κ1) is 15.3. The van der Waals surface area contributed by atoms with Crippen molar-refractivity contribution in [3.8, 4) is 0 Å². The summed E-state index contributed by atoms with van der Waals surface area (Å²) >= 11 is 0. The average Bonchev–Trinajstić information content (AvgIpc) is 2.55. The van der Waals surface area contributed by atoms with E-state index in [0.717, 1.165) is 39.1 Å². The van der Waals surface area contributed by atoms with Crippen molar-refractivity contribution >= 4 is 11.6 Å². The van der Waals surface area contributed by atoms with Gasteiger partial charge in [0, 0.05) is 31.9 Å². The van der Waals surface area contributed by atoms with E-state index in [1.807, 2.05) is 11.0 Å². The fourth-order valence-electron chi connectivity index (χ4n) is 3.64. The molecule has 1 N–H and O–H groups in total. The minimum Gasteiger partial charge on any atom is -0.368 e. The van der Waals surface area contributed by atoms with E-state index in [-0.39, 0.29) is 17.4 Å². The Morgan fingerprint density at radius 3 is 2.45 bits per heavy atom. The van der Waals surface area contributed by atoms with Crippen LogP contribution in [-0.2, 0) is 4.79 Å². The first-order valence-electron chi connectivity index (χ1n) is 8.40. The molecule has 1 aromatic rings. The third-order valence-electron chi connectivity index (χ3n) is 5.09. The van der Waals surface area contributed by atoms with Crippen LogP contribution in [0.4, 0.5) is 5.69 Å². The van der Waals surface area contributed by atoms with Gasteiger partial charge in [-0.3, -0.25) is 4.79 Å². The molecule has 2 aliphatic heterocycles. The lowest BCUT2D eigenvalue weighted by atomic mass is 9.77. The van der Waals surface area contributed by atoms with Gasteiger partial charge in [-0.05, 0) is 36.9 Å². The number of rotatable bonds is 2. The summed E-state index contributed by atoms with van der Waals surface area (Å²) in [6.07, 6.45) is 2.29. The highest BCUT2D eigenvalue weighted by Gasteiger charge is 2.39. The number of hydrogen-bond acceptors (Lipinski definition) is 3. The van der Waals surface area contributed by atoms with E-state index < -0.39 is 0 Å². The maximum Gasteiger partial charge on any atom is 0.240 e. The predicted octanol–water partition coefficient (Wildman–Crippen LogP) is 2.11. The number of nitrogens with zero attached hydrogens (tertiary/aromatic N) is 2. The molecule has 4 heteroatoms. The number of piperidine rings is 1. The van der Waals surface area contributed by atoms with Crippen LogP contribution in [0.1, 0.15) is 26.7 Å². The van der Waals surface area contributed by atoms with Crippen LogP contribution < -0.4 is 10.2 Å². The van der Waals surface area contributed by atoms with E-state index in [9.17, 15) is 4.79 Å². The number of benzene rings is 1. The molecule has 22 heavy (non-hydrogen) atoms. The Kier molecular flexibility index (Phi) is 4.39. The number of anilines is 1. The van der Waals surface area contributed by atoms with Crippen LogP contribution in [0.15, 0.2) is 30.3 Å². The SMILES string of the molecule is CC1(C)CCCNC1C(=O)N1CCN(c2ccccc2)CC1.